The van der Waals surface area contributed by atoms with Gasteiger partial charge in [0, 0.05) is 9.92 Å². The van der Waals surface area contributed by atoms with Gasteiger partial charge in [-0.05, 0) is 37.0 Å². The number of nitrogens with zero attached hydrogens (tertiary/aromatic N) is 1. The summed E-state index contributed by atoms with van der Waals surface area (Å²) in [4.78, 5) is 1.10. The third kappa shape index (κ3) is 2.36. The Balaban J connectivity index is 2.07. The van der Waals surface area contributed by atoms with E-state index in [1.54, 1.807) is 11.8 Å². The van der Waals surface area contributed by atoms with E-state index in [0.717, 1.165) is 28.7 Å². The van der Waals surface area contributed by atoms with Crippen LogP contribution in [0.5, 0.6) is 0 Å². The molecule has 16 heavy (non-hydrogen) atoms. The molecule has 0 bridgehead atoms. The third-order valence-corrected chi connectivity index (χ3v) is 4.67. The monoisotopic (exact) mass is 251 g/mol. The lowest BCUT2D eigenvalue weighted by atomic mass is 9.73. The first-order valence-electron chi connectivity index (χ1n) is 5.53. The Hall–Kier alpha value is -0.650. The van der Waals surface area contributed by atoms with Gasteiger partial charge < -0.3 is 0 Å². The number of nitriles is 1. The summed E-state index contributed by atoms with van der Waals surface area (Å²) >= 11 is 7.60. The predicted octanol–water partition coefficient (Wildman–Crippen LogP) is 4.51. The highest BCUT2D eigenvalue weighted by Gasteiger charge is 2.44. The van der Waals surface area contributed by atoms with E-state index in [9.17, 15) is 5.26 Å². The van der Waals surface area contributed by atoms with Crippen molar-refractivity contribution < 1.29 is 0 Å². The average molecular weight is 252 g/mol. The fourth-order valence-corrected chi connectivity index (χ4v) is 3.84. The molecule has 3 heteroatoms. The van der Waals surface area contributed by atoms with Crippen molar-refractivity contribution in [3.8, 4) is 6.07 Å². The van der Waals surface area contributed by atoms with Gasteiger partial charge in [0.25, 0.3) is 0 Å². The lowest BCUT2D eigenvalue weighted by molar-refractivity contribution is 0.269. The average Bonchev–Trinajstić information content (AvgIpc) is 2.23. The van der Waals surface area contributed by atoms with Crippen LogP contribution in [0.15, 0.2) is 29.2 Å². The van der Waals surface area contributed by atoms with Crippen LogP contribution in [0.25, 0.3) is 0 Å². The molecule has 0 saturated heterocycles. The maximum Gasteiger partial charge on any atom is 0.108 e. The van der Waals surface area contributed by atoms with Crippen molar-refractivity contribution in [2.24, 2.45) is 5.92 Å². The number of halogens is 1. The molecular weight excluding hydrogens is 238 g/mol. The van der Waals surface area contributed by atoms with Crippen LogP contribution in [0.4, 0.5) is 0 Å². The van der Waals surface area contributed by atoms with Gasteiger partial charge in [-0.3, -0.25) is 0 Å². The first-order chi connectivity index (χ1) is 7.67. The van der Waals surface area contributed by atoms with Crippen molar-refractivity contribution in [1.29, 1.82) is 5.26 Å². The largest absolute Gasteiger partial charge is 0.197 e. The minimum absolute atomic E-state index is 0.203. The molecule has 0 radical (unpaired) electrons. The lowest BCUT2D eigenvalue weighted by Gasteiger charge is -2.41. The molecule has 0 amide bonds. The first-order valence-corrected chi connectivity index (χ1v) is 6.73. The Bertz CT molecular complexity index is 418. The van der Waals surface area contributed by atoms with Crippen LogP contribution in [-0.2, 0) is 0 Å². The van der Waals surface area contributed by atoms with E-state index in [2.05, 4.69) is 13.0 Å². The summed E-state index contributed by atoms with van der Waals surface area (Å²) in [6, 6.07) is 10.2. The summed E-state index contributed by atoms with van der Waals surface area (Å²) < 4.78 is -0.203. The van der Waals surface area contributed by atoms with Crippen LogP contribution in [0.3, 0.4) is 0 Å². The molecule has 2 rings (SSSR count). The Morgan fingerprint density at radius 2 is 2.31 bits per heavy atom. The number of benzene rings is 1. The van der Waals surface area contributed by atoms with E-state index < -0.39 is 0 Å². The molecule has 1 aromatic rings. The molecule has 1 nitrogen and oxygen atoms in total. The van der Waals surface area contributed by atoms with Crippen molar-refractivity contribution >= 4 is 23.4 Å². The standard InChI is InChI=1S/C13H14ClNS/c1-2-10-7-13(8-10,9-15)16-12-5-3-4-11(14)6-12/h3-6,10H,2,7-8H2,1H3. The highest BCUT2D eigenvalue weighted by Crippen LogP contribution is 2.51. The minimum Gasteiger partial charge on any atom is -0.197 e. The van der Waals surface area contributed by atoms with Gasteiger partial charge in [-0.15, -0.1) is 11.8 Å². The van der Waals surface area contributed by atoms with Crippen LogP contribution in [0, 0.1) is 17.2 Å². The fourth-order valence-electron chi connectivity index (χ4n) is 2.12. The second-order valence-electron chi connectivity index (χ2n) is 4.35. The summed E-state index contributed by atoms with van der Waals surface area (Å²) in [6.07, 6.45) is 3.20. The second-order valence-corrected chi connectivity index (χ2v) is 6.24. The molecular formula is C13H14ClNS. The molecule has 0 aromatic heterocycles. The first kappa shape index (κ1) is 11.8. The molecule has 0 N–H and O–H groups in total. The zero-order valence-corrected chi connectivity index (χ0v) is 10.8. The number of hydrogen-bond acceptors (Lipinski definition) is 2. The Morgan fingerprint density at radius 1 is 1.56 bits per heavy atom. The summed E-state index contributed by atoms with van der Waals surface area (Å²) in [7, 11) is 0. The molecule has 1 aromatic carbocycles. The highest BCUT2D eigenvalue weighted by atomic mass is 35.5. The summed E-state index contributed by atoms with van der Waals surface area (Å²) in [5, 5.41) is 10.0. The summed E-state index contributed by atoms with van der Waals surface area (Å²) in [5.74, 6) is 0.728. The molecule has 0 atom stereocenters. The molecule has 0 unspecified atom stereocenters. The van der Waals surface area contributed by atoms with E-state index in [1.165, 1.54) is 6.42 Å². The van der Waals surface area contributed by atoms with E-state index in [-0.39, 0.29) is 4.75 Å². The van der Waals surface area contributed by atoms with E-state index in [0.29, 0.717) is 0 Å². The maximum atomic E-state index is 9.28. The van der Waals surface area contributed by atoms with Crippen molar-refractivity contribution in [3.63, 3.8) is 0 Å². The topological polar surface area (TPSA) is 23.8 Å². The zero-order chi connectivity index (χ0) is 11.6. The molecule has 0 heterocycles. The highest BCUT2D eigenvalue weighted by molar-refractivity contribution is 8.01. The molecule has 1 fully saturated rings. The number of hydrogen-bond donors (Lipinski definition) is 0. The van der Waals surface area contributed by atoms with Crippen LogP contribution in [-0.4, -0.2) is 4.75 Å². The lowest BCUT2D eigenvalue weighted by Crippen LogP contribution is -2.39. The zero-order valence-electron chi connectivity index (χ0n) is 9.24. The molecule has 84 valence electrons. The van der Waals surface area contributed by atoms with Crippen LogP contribution >= 0.6 is 23.4 Å². The van der Waals surface area contributed by atoms with Crippen molar-refractivity contribution in [3.05, 3.63) is 29.3 Å². The van der Waals surface area contributed by atoms with Gasteiger partial charge in [0.15, 0.2) is 0 Å². The van der Waals surface area contributed by atoms with Crippen molar-refractivity contribution in [2.45, 2.75) is 35.8 Å². The molecule has 0 spiro atoms. The normalized spacial score (nSPS) is 28.2. The SMILES string of the molecule is CCC1CC(C#N)(Sc2cccc(Cl)c2)C1. The third-order valence-electron chi connectivity index (χ3n) is 3.13. The summed E-state index contributed by atoms with van der Waals surface area (Å²) in [6.45, 7) is 2.19. The predicted molar refractivity (Wildman–Crippen MR) is 68.7 cm³/mol. The van der Waals surface area contributed by atoms with Gasteiger partial charge in [-0.25, -0.2) is 0 Å². The smallest absolute Gasteiger partial charge is 0.108 e. The van der Waals surface area contributed by atoms with Gasteiger partial charge in [0.1, 0.15) is 4.75 Å². The van der Waals surface area contributed by atoms with Gasteiger partial charge in [-0.2, -0.15) is 5.26 Å². The molecule has 1 aliphatic carbocycles. The van der Waals surface area contributed by atoms with E-state index in [4.69, 9.17) is 11.6 Å². The molecule has 0 aliphatic heterocycles. The maximum absolute atomic E-state index is 9.28. The van der Waals surface area contributed by atoms with Gasteiger partial charge in [0.2, 0.25) is 0 Å². The Labute approximate surface area is 106 Å². The second kappa shape index (κ2) is 4.69. The molecule has 1 saturated carbocycles. The van der Waals surface area contributed by atoms with Crippen LogP contribution in [0.1, 0.15) is 26.2 Å². The van der Waals surface area contributed by atoms with E-state index >= 15 is 0 Å². The fraction of sp³-hybridized carbons (Fsp3) is 0.462. The van der Waals surface area contributed by atoms with Crippen molar-refractivity contribution in [2.75, 3.05) is 0 Å². The molecule has 1 aliphatic rings. The Morgan fingerprint density at radius 3 is 2.88 bits per heavy atom. The number of thioether (sulfide) groups is 1. The van der Waals surface area contributed by atoms with Gasteiger partial charge in [-0.1, -0.05) is 31.0 Å². The van der Waals surface area contributed by atoms with Gasteiger partial charge in [0.05, 0.1) is 6.07 Å². The Kier molecular flexibility index (Phi) is 3.47. The number of rotatable bonds is 3. The van der Waals surface area contributed by atoms with Gasteiger partial charge >= 0.3 is 0 Å². The van der Waals surface area contributed by atoms with Crippen LogP contribution < -0.4 is 0 Å². The van der Waals surface area contributed by atoms with Crippen LogP contribution in [0.2, 0.25) is 5.02 Å². The summed E-state index contributed by atoms with van der Waals surface area (Å²) in [5.41, 5.74) is 0. The quantitative estimate of drug-likeness (QED) is 0.789. The van der Waals surface area contributed by atoms with Crippen molar-refractivity contribution in [1.82, 2.24) is 0 Å². The van der Waals surface area contributed by atoms with E-state index in [1.807, 2.05) is 24.3 Å². The minimum atomic E-state index is -0.203.